The van der Waals surface area contributed by atoms with Crippen molar-refractivity contribution in [1.29, 1.82) is 0 Å². The van der Waals surface area contributed by atoms with E-state index in [0.717, 1.165) is 61.2 Å². The summed E-state index contributed by atoms with van der Waals surface area (Å²) >= 11 is 0. The topological polar surface area (TPSA) is 35.5 Å². The molecule has 220 valence electrons. The summed E-state index contributed by atoms with van der Waals surface area (Å²) in [5.41, 5.74) is 1.01. The molecule has 0 radical (unpaired) electrons. The van der Waals surface area contributed by atoms with Crippen molar-refractivity contribution in [3.05, 3.63) is 0 Å². The highest BCUT2D eigenvalue weighted by atomic mass is 16.7. The molecule has 4 fully saturated rings. The normalized spacial score (nSPS) is 39.2. The molecule has 0 unspecified atom stereocenters. The highest BCUT2D eigenvalue weighted by Gasteiger charge is 2.60. The van der Waals surface area contributed by atoms with Gasteiger partial charge in [-0.25, -0.2) is 4.79 Å². The molecule has 0 aliphatic heterocycles. The largest absolute Gasteiger partial charge is 0.508 e. The second kappa shape index (κ2) is 13.3. The summed E-state index contributed by atoms with van der Waals surface area (Å²) in [6.07, 6.45) is 21.6. The van der Waals surface area contributed by atoms with Crippen molar-refractivity contribution < 1.29 is 14.3 Å². The van der Waals surface area contributed by atoms with Crippen LogP contribution in [0.25, 0.3) is 0 Å². The van der Waals surface area contributed by atoms with Gasteiger partial charge >= 0.3 is 6.16 Å². The number of hydrogen-bond acceptors (Lipinski definition) is 3. The quantitative estimate of drug-likeness (QED) is 0.186. The van der Waals surface area contributed by atoms with Crippen LogP contribution in [0.4, 0.5) is 4.79 Å². The molecule has 3 heteroatoms. The lowest BCUT2D eigenvalue weighted by molar-refractivity contribution is -0.132. The van der Waals surface area contributed by atoms with Gasteiger partial charge < -0.3 is 9.47 Å². The zero-order valence-corrected chi connectivity index (χ0v) is 26.1. The number of fused-ring (bicyclic) bond motifs is 5. The highest BCUT2D eigenvalue weighted by molar-refractivity contribution is 5.60. The van der Waals surface area contributed by atoms with Gasteiger partial charge in [0.05, 0.1) is 6.61 Å². The van der Waals surface area contributed by atoms with Gasteiger partial charge in [0.1, 0.15) is 6.10 Å². The van der Waals surface area contributed by atoms with Crippen LogP contribution in [0, 0.1) is 52.3 Å². The summed E-state index contributed by atoms with van der Waals surface area (Å²) in [5, 5.41) is 0. The zero-order valence-electron chi connectivity index (χ0n) is 26.1. The van der Waals surface area contributed by atoms with Gasteiger partial charge in [-0.15, -0.1) is 0 Å². The molecule has 4 aliphatic rings. The van der Waals surface area contributed by atoms with Gasteiger partial charge in [-0.05, 0) is 116 Å². The Hall–Kier alpha value is -0.730. The number of ether oxygens (including phenoxy) is 2. The maximum atomic E-state index is 12.4. The van der Waals surface area contributed by atoms with Crippen LogP contribution < -0.4 is 0 Å². The maximum Gasteiger partial charge on any atom is 0.508 e. The van der Waals surface area contributed by atoms with E-state index >= 15 is 0 Å². The Kier molecular flexibility index (Phi) is 10.6. The first-order valence-electron chi connectivity index (χ1n) is 17.0. The van der Waals surface area contributed by atoms with Crippen LogP contribution >= 0.6 is 0 Å². The van der Waals surface area contributed by atoms with E-state index in [9.17, 15) is 4.79 Å². The van der Waals surface area contributed by atoms with E-state index in [-0.39, 0.29) is 6.10 Å². The van der Waals surface area contributed by atoms with Crippen LogP contribution in [0.15, 0.2) is 0 Å². The minimum Gasteiger partial charge on any atom is -0.434 e. The van der Waals surface area contributed by atoms with Crippen molar-refractivity contribution in [3.8, 4) is 0 Å². The van der Waals surface area contributed by atoms with Crippen molar-refractivity contribution in [1.82, 2.24) is 0 Å². The van der Waals surface area contributed by atoms with Gasteiger partial charge in [-0.1, -0.05) is 86.5 Å². The van der Waals surface area contributed by atoms with E-state index in [1.807, 2.05) is 0 Å². The van der Waals surface area contributed by atoms with Crippen LogP contribution in [0.3, 0.4) is 0 Å². The average molecular weight is 531 g/mol. The summed E-state index contributed by atoms with van der Waals surface area (Å²) < 4.78 is 11.3. The molecule has 0 bridgehead atoms. The molecule has 0 spiro atoms. The first-order valence-corrected chi connectivity index (χ1v) is 17.0. The third kappa shape index (κ3) is 6.59. The summed E-state index contributed by atoms with van der Waals surface area (Å²) in [7, 11) is 0. The van der Waals surface area contributed by atoms with Crippen LogP contribution in [0.1, 0.15) is 151 Å². The Bertz CT molecular complexity index is 747. The maximum absolute atomic E-state index is 12.4. The van der Waals surface area contributed by atoms with Crippen molar-refractivity contribution >= 4 is 6.16 Å². The van der Waals surface area contributed by atoms with Gasteiger partial charge in [-0.2, -0.15) is 0 Å². The molecule has 0 heterocycles. The SMILES string of the molecule is CCCCCCCOC(=O)O[C@H]1CC[C@@]2(C)[C@@H](CC[C@H]3[C@H]2CC[C@]2(C)[C@@H]3CC[C@H]2[C@@H](C)CCCC(C)C)C1. The first-order chi connectivity index (χ1) is 18.2. The Labute approximate surface area is 236 Å². The molecule has 4 rings (SSSR count). The third-order valence-electron chi connectivity index (χ3n) is 12.5. The molecule has 0 aromatic rings. The number of unbranched alkanes of at least 4 members (excludes halogenated alkanes) is 4. The number of carbonyl (C=O) groups excluding carboxylic acids is 1. The zero-order chi connectivity index (χ0) is 27.3. The molecular weight excluding hydrogens is 468 g/mol. The van der Waals surface area contributed by atoms with Gasteiger partial charge in [0.2, 0.25) is 0 Å². The fourth-order valence-corrected chi connectivity index (χ4v) is 10.4. The molecule has 9 atom stereocenters. The lowest BCUT2D eigenvalue weighted by atomic mass is 9.44. The van der Waals surface area contributed by atoms with Gasteiger partial charge in [0.25, 0.3) is 0 Å². The van der Waals surface area contributed by atoms with E-state index in [0.29, 0.717) is 23.4 Å². The molecule has 0 amide bonds. The Balaban J connectivity index is 1.28. The minimum atomic E-state index is -0.421. The molecule has 0 N–H and O–H groups in total. The summed E-state index contributed by atoms with van der Waals surface area (Å²) in [5.74, 6) is 6.12. The minimum absolute atomic E-state index is 0.0635. The first kappa shape index (κ1) is 30.2. The molecule has 4 saturated carbocycles. The van der Waals surface area contributed by atoms with Gasteiger partial charge in [0.15, 0.2) is 0 Å². The fourth-order valence-electron chi connectivity index (χ4n) is 10.4. The summed E-state index contributed by atoms with van der Waals surface area (Å²) in [6.45, 7) is 15.4. The molecule has 0 aromatic carbocycles. The van der Waals surface area contributed by atoms with Crippen molar-refractivity contribution in [2.24, 2.45) is 52.3 Å². The van der Waals surface area contributed by atoms with Crippen LogP contribution in [-0.4, -0.2) is 18.9 Å². The standard InChI is InChI=1S/C35H62O3/c1-7-8-9-10-11-23-37-33(36)38-28-19-21-34(5)27(24-28)15-16-29-31-18-17-30(26(4)14-12-13-25(2)3)35(31,6)22-20-32(29)34/h25-32H,7-24H2,1-6H3/t26-,27-,28-,29+,30-,31+,32+,34-,35-/m0/s1. The third-order valence-corrected chi connectivity index (χ3v) is 12.5. The monoisotopic (exact) mass is 530 g/mol. The highest BCUT2D eigenvalue weighted by Crippen LogP contribution is 2.68. The second-order valence-corrected chi connectivity index (χ2v) is 15.2. The van der Waals surface area contributed by atoms with Crippen LogP contribution in [-0.2, 0) is 9.47 Å². The average Bonchev–Trinajstić information content (AvgIpc) is 3.23. The number of carbonyl (C=O) groups is 1. The van der Waals surface area contributed by atoms with E-state index in [2.05, 4.69) is 41.5 Å². The lowest BCUT2D eigenvalue weighted by Crippen LogP contribution is -2.54. The van der Waals surface area contributed by atoms with Crippen molar-refractivity contribution in [2.45, 2.75) is 157 Å². The van der Waals surface area contributed by atoms with E-state index in [1.54, 1.807) is 0 Å². The van der Waals surface area contributed by atoms with E-state index in [1.165, 1.54) is 83.5 Å². The van der Waals surface area contributed by atoms with Crippen LogP contribution in [0.5, 0.6) is 0 Å². The Morgan fingerprint density at radius 3 is 2.32 bits per heavy atom. The molecule has 3 nitrogen and oxygen atoms in total. The molecule has 38 heavy (non-hydrogen) atoms. The smallest absolute Gasteiger partial charge is 0.434 e. The molecule has 0 saturated heterocycles. The summed E-state index contributed by atoms with van der Waals surface area (Å²) in [4.78, 5) is 12.4. The molecular formula is C35H62O3. The number of hydrogen-bond donors (Lipinski definition) is 0. The van der Waals surface area contributed by atoms with Crippen LogP contribution in [0.2, 0.25) is 0 Å². The fraction of sp³-hybridized carbons (Fsp3) is 0.971. The predicted octanol–water partition coefficient (Wildman–Crippen LogP) is 10.6. The van der Waals surface area contributed by atoms with Crippen molar-refractivity contribution in [3.63, 3.8) is 0 Å². The van der Waals surface area contributed by atoms with E-state index < -0.39 is 6.16 Å². The Morgan fingerprint density at radius 1 is 0.816 bits per heavy atom. The second-order valence-electron chi connectivity index (χ2n) is 15.2. The van der Waals surface area contributed by atoms with Gasteiger partial charge in [0, 0.05) is 0 Å². The Morgan fingerprint density at radius 2 is 1.55 bits per heavy atom. The predicted molar refractivity (Wildman–Crippen MR) is 158 cm³/mol. The number of rotatable bonds is 12. The van der Waals surface area contributed by atoms with E-state index in [4.69, 9.17) is 9.47 Å². The lowest BCUT2D eigenvalue weighted by Gasteiger charge is -2.61. The summed E-state index contributed by atoms with van der Waals surface area (Å²) in [6, 6.07) is 0. The van der Waals surface area contributed by atoms with Gasteiger partial charge in [-0.3, -0.25) is 0 Å². The van der Waals surface area contributed by atoms with Crippen molar-refractivity contribution in [2.75, 3.05) is 6.61 Å². The molecule has 0 aromatic heterocycles. The molecule has 4 aliphatic carbocycles.